The predicted octanol–water partition coefficient (Wildman–Crippen LogP) is 1.84. The standard InChI is InChI=1S/C15H26N2O4/c1-2-21-11-7-9-17(10-8-11)15(20)16-13-6-4-3-5-12(13)14(18)19/h11-13H,2-10H2,1H3,(H,16,20)(H,18,19). The van der Waals surface area contributed by atoms with Gasteiger partial charge < -0.3 is 20.1 Å². The zero-order valence-electron chi connectivity index (χ0n) is 12.7. The normalized spacial score (nSPS) is 27.4. The third-order valence-corrected chi connectivity index (χ3v) is 4.52. The number of likely N-dealkylation sites (tertiary alicyclic amines) is 1. The smallest absolute Gasteiger partial charge is 0.317 e. The van der Waals surface area contributed by atoms with Crippen LogP contribution in [0.3, 0.4) is 0 Å². The van der Waals surface area contributed by atoms with E-state index in [9.17, 15) is 14.7 Å². The summed E-state index contributed by atoms with van der Waals surface area (Å²) in [5.41, 5.74) is 0. The van der Waals surface area contributed by atoms with Crippen molar-refractivity contribution < 1.29 is 19.4 Å². The van der Waals surface area contributed by atoms with Crippen molar-refractivity contribution in [2.24, 2.45) is 5.92 Å². The van der Waals surface area contributed by atoms with Crippen molar-refractivity contribution in [1.29, 1.82) is 0 Å². The molecule has 0 radical (unpaired) electrons. The number of carboxylic acid groups (broad SMARTS) is 1. The summed E-state index contributed by atoms with van der Waals surface area (Å²) in [7, 11) is 0. The fourth-order valence-corrected chi connectivity index (χ4v) is 3.31. The van der Waals surface area contributed by atoms with E-state index >= 15 is 0 Å². The quantitative estimate of drug-likeness (QED) is 0.830. The van der Waals surface area contributed by atoms with Gasteiger partial charge >= 0.3 is 12.0 Å². The minimum Gasteiger partial charge on any atom is -0.481 e. The van der Waals surface area contributed by atoms with Gasteiger partial charge in [0.15, 0.2) is 0 Å². The van der Waals surface area contributed by atoms with Gasteiger partial charge in [0, 0.05) is 25.7 Å². The summed E-state index contributed by atoms with van der Waals surface area (Å²) in [5.74, 6) is -1.24. The zero-order valence-corrected chi connectivity index (χ0v) is 12.7. The van der Waals surface area contributed by atoms with E-state index in [0.29, 0.717) is 26.1 Å². The van der Waals surface area contributed by atoms with Crippen LogP contribution in [0.25, 0.3) is 0 Å². The summed E-state index contributed by atoms with van der Waals surface area (Å²) in [5, 5.41) is 12.2. The molecule has 2 N–H and O–H groups in total. The first-order valence-corrected chi connectivity index (χ1v) is 8.01. The number of nitrogens with zero attached hydrogens (tertiary/aromatic N) is 1. The van der Waals surface area contributed by atoms with Crippen LogP contribution < -0.4 is 5.32 Å². The van der Waals surface area contributed by atoms with Crippen LogP contribution in [0.2, 0.25) is 0 Å². The molecule has 2 aliphatic rings. The molecule has 2 atom stereocenters. The van der Waals surface area contributed by atoms with Crippen LogP contribution in [0, 0.1) is 5.92 Å². The van der Waals surface area contributed by atoms with Crippen molar-refractivity contribution in [3.05, 3.63) is 0 Å². The second-order valence-electron chi connectivity index (χ2n) is 5.93. The van der Waals surface area contributed by atoms with Gasteiger partial charge in [0.05, 0.1) is 12.0 Å². The van der Waals surface area contributed by atoms with Gasteiger partial charge in [0.1, 0.15) is 0 Å². The van der Waals surface area contributed by atoms with Crippen LogP contribution in [0.5, 0.6) is 0 Å². The molecule has 1 aliphatic heterocycles. The van der Waals surface area contributed by atoms with Crippen LogP contribution in [0.15, 0.2) is 0 Å². The molecule has 2 fully saturated rings. The van der Waals surface area contributed by atoms with Gasteiger partial charge in [-0.1, -0.05) is 12.8 Å². The highest BCUT2D eigenvalue weighted by Gasteiger charge is 2.33. The topological polar surface area (TPSA) is 78.9 Å². The van der Waals surface area contributed by atoms with Gasteiger partial charge in [0.25, 0.3) is 0 Å². The number of ether oxygens (including phenoxy) is 1. The molecule has 2 amide bonds. The number of aliphatic carboxylic acids is 1. The lowest BCUT2D eigenvalue weighted by Gasteiger charge is -2.35. The van der Waals surface area contributed by atoms with Crippen LogP contribution in [-0.2, 0) is 9.53 Å². The number of amides is 2. The molecule has 1 heterocycles. The maximum absolute atomic E-state index is 12.3. The van der Waals surface area contributed by atoms with Gasteiger partial charge in [0.2, 0.25) is 0 Å². The largest absolute Gasteiger partial charge is 0.481 e. The molecule has 1 saturated heterocycles. The second-order valence-corrected chi connectivity index (χ2v) is 5.93. The molecule has 2 rings (SSSR count). The summed E-state index contributed by atoms with van der Waals surface area (Å²) >= 11 is 0. The molecule has 1 saturated carbocycles. The minimum absolute atomic E-state index is 0.122. The van der Waals surface area contributed by atoms with Gasteiger partial charge in [-0.15, -0.1) is 0 Å². The summed E-state index contributed by atoms with van der Waals surface area (Å²) in [4.78, 5) is 25.3. The van der Waals surface area contributed by atoms with E-state index in [1.165, 1.54) is 0 Å². The maximum Gasteiger partial charge on any atom is 0.317 e. The van der Waals surface area contributed by atoms with Crippen molar-refractivity contribution in [2.75, 3.05) is 19.7 Å². The number of carboxylic acids is 1. The molecule has 0 spiro atoms. The Morgan fingerprint density at radius 1 is 1.19 bits per heavy atom. The summed E-state index contributed by atoms with van der Waals surface area (Å²) in [6, 6.07) is -0.350. The lowest BCUT2D eigenvalue weighted by Crippen LogP contribution is -2.52. The second kappa shape index (κ2) is 7.64. The third-order valence-electron chi connectivity index (χ3n) is 4.52. The molecular weight excluding hydrogens is 272 g/mol. The predicted molar refractivity (Wildman–Crippen MR) is 78.1 cm³/mol. The molecule has 6 heteroatoms. The van der Waals surface area contributed by atoms with E-state index in [4.69, 9.17) is 4.74 Å². The average molecular weight is 298 g/mol. The highest BCUT2D eigenvalue weighted by atomic mass is 16.5. The molecule has 0 aromatic carbocycles. The third kappa shape index (κ3) is 4.33. The number of carbonyl (C=O) groups excluding carboxylic acids is 1. The van der Waals surface area contributed by atoms with Crippen molar-refractivity contribution >= 4 is 12.0 Å². The SMILES string of the molecule is CCOC1CCN(C(=O)NC2CCCCC2C(=O)O)CC1. The number of rotatable bonds is 4. The fraction of sp³-hybridized carbons (Fsp3) is 0.867. The molecule has 0 bridgehead atoms. The Balaban J connectivity index is 1.82. The first kappa shape index (κ1) is 16.1. The number of urea groups is 1. The van der Waals surface area contributed by atoms with Crippen molar-refractivity contribution in [3.63, 3.8) is 0 Å². The van der Waals surface area contributed by atoms with E-state index in [2.05, 4.69) is 5.32 Å². The van der Waals surface area contributed by atoms with Gasteiger partial charge in [-0.3, -0.25) is 4.79 Å². The van der Waals surface area contributed by atoms with Crippen molar-refractivity contribution in [3.8, 4) is 0 Å². The first-order valence-electron chi connectivity index (χ1n) is 8.01. The van der Waals surface area contributed by atoms with Crippen LogP contribution in [-0.4, -0.2) is 53.8 Å². The Hall–Kier alpha value is -1.30. The van der Waals surface area contributed by atoms with Crippen LogP contribution >= 0.6 is 0 Å². The van der Waals surface area contributed by atoms with E-state index in [1.54, 1.807) is 4.90 Å². The first-order chi connectivity index (χ1) is 10.1. The highest BCUT2D eigenvalue weighted by Crippen LogP contribution is 2.25. The molecule has 1 aliphatic carbocycles. The molecule has 120 valence electrons. The van der Waals surface area contributed by atoms with E-state index in [0.717, 1.165) is 32.1 Å². The molecule has 0 aromatic rings. The number of piperidine rings is 1. The Labute approximate surface area is 125 Å². The van der Waals surface area contributed by atoms with Crippen molar-refractivity contribution in [1.82, 2.24) is 10.2 Å². The van der Waals surface area contributed by atoms with Gasteiger partial charge in [-0.25, -0.2) is 4.79 Å². The summed E-state index contributed by atoms with van der Waals surface area (Å²) in [6.45, 7) is 4.05. The van der Waals surface area contributed by atoms with E-state index in [1.807, 2.05) is 6.92 Å². The molecule has 6 nitrogen and oxygen atoms in total. The maximum atomic E-state index is 12.3. The summed E-state index contributed by atoms with van der Waals surface area (Å²) in [6.07, 6.45) is 5.30. The average Bonchev–Trinajstić information content (AvgIpc) is 2.48. The molecule has 0 aromatic heterocycles. The molecule has 21 heavy (non-hydrogen) atoms. The fourth-order valence-electron chi connectivity index (χ4n) is 3.31. The van der Waals surface area contributed by atoms with Gasteiger partial charge in [-0.05, 0) is 32.6 Å². The van der Waals surface area contributed by atoms with E-state index in [-0.39, 0.29) is 18.2 Å². The minimum atomic E-state index is -0.796. The van der Waals surface area contributed by atoms with Crippen molar-refractivity contribution in [2.45, 2.75) is 57.6 Å². The monoisotopic (exact) mass is 298 g/mol. The Morgan fingerprint density at radius 3 is 2.48 bits per heavy atom. The number of hydrogen-bond acceptors (Lipinski definition) is 3. The van der Waals surface area contributed by atoms with Crippen LogP contribution in [0.4, 0.5) is 4.79 Å². The Morgan fingerprint density at radius 2 is 1.86 bits per heavy atom. The van der Waals surface area contributed by atoms with E-state index < -0.39 is 11.9 Å². The summed E-state index contributed by atoms with van der Waals surface area (Å²) < 4.78 is 5.57. The molecule has 2 unspecified atom stereocenters. The Bertz CT molecular complexity index is 367. The van der Waals surface area contributed by atoms with Crippen LogP contribution in [0.1, 0.15) is 45.4 Å². The molecular formula is C15H26N2O4. The van der Waals surface area contributed by atoms with Gasteiger partial charge in [-0.2, -0.15) is 0 Å². The number of carbonyl (C=O) groups is 2. The Kier molecular flexibility index (Phi) is 5.85. The number of hydrogen-bond donors (Lipinski definition) is 2. The number of nitrogens with one attached hydrogen (secondary N) is 1. The lowest BCUT2D eigenvalue weighted by atomic mass is 9.84. The lowest BCUT2D eigenvalue weighted by molar-refractivity contribution is -0.143. The highest BCUT2D eigenvalue weighted by molar-refractivity contribution is 5.77. The zero-order chi connectivity index (χ0) is 15.2.